The highest BCUT2D eigenvalue weighted by atomic mass is 32.2. The van der Waals surface area contributed by atoms with Crippen LogP contribution in [-0.2, 0) is 22.5 Å². The molecule has 1 fully saturated rings. The van der Waals surface area contributed by atoms with Crippen LogP contribution in [0.15, 0.2) is 23.4 Å². The number of piperazine rings is 1. The van der Waals surface area contributed by atoms with Gasteiger partial charge >= 0.3 is 5.82 Å². The summed E-state index contributed by atoms with van der Waals surface area (Å²) in [4.78, 5) is 16.8. The van der Waals surface area contributed by atoms with E-state index in [0.717, 1.165) is 16.7 Å². The van der Waals surface area contributed by atoms with E-state index in [1.807, 2.05) is 30.9 Å². The Kier molecular flexibility index (Phi) is 5.68. The summed E-state index contributed by atoms with van der Waals surface area (Å²) >= 11 is 0. The summed E-state index contributed by atoms with van der Waals surface area (Å²) in [5, 5.41) is 11.3. The Morgan fingerprint density at radius 3 is 2.07 bits per heavy atom. The highest BCUT2D eigenvalue weighted by molar-refractivity contribution is 7.89. The molecule has 1 aliphatic heterocycles. The minimum atomic E-state index is -3.66. The Labute approximate surface area is 177 Å². The van der Waals surface area contributed by atoms with Gasteiger partial charge in [0, 0.05) is 33.2 Å². The zero-order valence-corrected chi connectivity index (χ0v) is 19.2. The highest BCUT2D eigenvalue weighted by Crippen LogP contribution is 2.32. The molecule has 0 unspecified atom stereocenters. The van der Waals surface area contributed by atoms with E-state index in [2.05, 4.69) is 25.8 Å². The van der Waals surface area contributed by atoms with Crippen molar-refractivity contribution in [3.8, 4) is 0 Å². The van der Waals surface area contributed by atoms with E-state index < -0.39 is 14.9 Å². The molecule has 0 radical (unpaired) electrons. The van der Waals surface area contributed by atoms with Crippen LogP contribution in [0.2, 0.25) is 0 Å². The predicted octanol–water partition coefficient (Wildman–Crippen LogP) is 2.75. The van der Waals surface area contributed by atoms with Gasteiger partial charge in [-0.15, -0.1) is 0 Å². The third kappa shape index (κ3) is 3.93. The molecule has 1 aromatic carbocycles. The number of imidazole rings is 1. The second kappa shape index (κ2) is 7.66. The Hall–Kier alpha value is -2.46. The number of nitrogens with zero attached hydrogens (tertiary/aromatic N) is 5. The number of nitro groups is 1. The molecule has 0 bridgehead atoms. The number of hydrogen-bond donors (Lipinski definition) is 0. The number of benzene rings is 1. The number of rotatable bonds is 4. The van der Waals surface area contributed by atoms with Crippen molar-refractivity contribution in [1.29, 1.82) is 0 Å². The van der Waals surface area contributed by atoms with E-state index in [-0.39, 0.29) is 24.3 Å². The highest BCUT2D eigenvalue weighted by Gasteiger charge is 2.34. The molecule has 0 atom stereocenters. The average molecular weight is 436 g/mol. The lowest BCUT2D eigenvalue weighted by Gasteiger charge is -2.35. The molecule has 9 nitrogen and oxygen atoms in total. The number of aromatic nitrogens is 2. The van der Waals surface area contributed by atoms with Crippen molar-refractivity contribution in [1.82, 2.24) is 13.9 Å². The fraction of sp³-hybridized carbons (Fsp3) is 0.550. The summed E-state index contributed by atoms with van der Waals surface area (Å²) in [6.45, 7) is 11.2. The van der Waals surface area contributed by atoms with Crippen LogP contribution in [0, 0.1) is 24.0 Å². The topological polar surface area (TPSA) is 102 Å². The van der Waals surface area contributed by atoms with Gasteiger partial charge in [0.2, 0.25) is 22.2 Å². The van der Waals surface area contributed by atoms with Gasteiger partial charge in [0.1, 0.15) is 0 Å². The first-order valence-electron chi connectivity index (χ1n) is 9.86. The summed E-state index contributed by atoms with van der Waals surface area (Å²) in [5.41, 5.74) is 2.51. The van der Waals surface area contributed by atoms with Crippen molar-refractivity contribution in [2.24, 2.45) is 7.05 Å². The van der Waals surface area contributed by atoms with Crippen LogP contribution in [0.5, 0.6) is 0 Å². The number of aryl methyl sites for hydroxylation is 3. The van der Waals surface area contributed by atoms with Crippen LogP contribution in [0.3, 0.4) is 0 Å². The van der Waals surface area contributed by atoms with Gasteiger partial charge in [-0.2, -0.15) is 4.31 Å². The minimum Gasteiger partial charge on any atom is -0.358 e. The van der Waals surface area contributed by atoms with Gasteiger partial charge in [-0.25, -0.2) is 8.42 Å². The second-order valence-electron chi connectivity index (χ2n) is 8.84. The summed E-state index contributed by atoms with van der Waals surface area (Å²) in [7, 11) is -1.97. The third-order valence-electron chi connectivity index (χ3n) is 5.52. The molecule has 0 spiro atoms. The summed E-state index contributed by atoms with van der Waals surface area (Å²) in [6, 6.07) is 3.91. The molecular weight excluding hydrogens is 406 g/mol. The molecule has 1 aliphatic rings. The van der Waals surface area contributed by atoms with Gasteiger partial charge < -0.3 is 15.0 Å². The van der Waals surface area contributed by atoms with Gasteiger partial charge in [0.25, 0.3) is 0 Å². The van der Waals surface area contributed by atoms with Crippen LogP contribution in [0.4, 0.5) is 11.6 Å². The Balaban J connectivity index is 1.86. The first kappa shape index (κ1) is 22.2. The molecule has 0 aliphatic carbocycles. The SMILES string of the molecule is Cc1cc(C(C)(C)C)cc(C)c1S(=O)(=O)N1CCN(c2c([N+](=O)[O-])ncn2C)CC1. The van der Waals surface area contributed by atoms with Crippen molar-refractivity contribution in [3.05, 3.63) is 45.3 Å². The number of hydrogen-bond acceptors (Lipinski definition) is 6. The molecule has 1 aromatic heterocycles. The van der Waals surface area contributed by atoms with E-state index in [1.165, 1.54) is 10.6 Å². The van der Waals surface area contributed by atoms with E-state index in [1.54, 1.807) is 11.6 Å². The molecule has 3 rings (SSSR count). The van der Waals surface area contributed by atoms with Gasteiger partial charge in [-0.05, 0) is 45.9 Å². The molecule has 1 saturated heterocycles. The van der Waals surface area contributed by atoms with E-state index >= 15 is 0 Å². The quantitative estimate of drug-likeness (QED) is 0.541. The van der Waals surface area contributed by atoms with Crippen molar-refractivity contribution < 1.29 is 13.3 Å². The largest absolute Gasteiger partial charge is 0.406 e. The molecule has 0 saturated carbocycles. The Bertz CT molecular complexity index is 1050. The van der Waals surface area contributed by atoms with Gasteiger partial charge in [-0.1, -0.05) is 32.9 Å². The lowest BCUT2D eigenvalue weighted by molar-refractivity contribution is -0.388. The zero-order valence-electron chi connectivity index (χ0n) is 18.3. The van der Waals surface area contributed by atoms with Crippen LogP contribution in [0.1, 0.15) is 37.5 Å². The average Bonchev–Trinajstić information content (AvgIpc) is 3.02. The van der Waals surface area contributed by atoms with Crippen molar-refractivity contribution in [3.63, 3.8) is 0 Å². The number of sulfonamides is 1. The third-order valence-corrected chi connectivity index (χ3v) is 7.73. The van der Waals surface area contributed by atoms with Crippen LogP contribution < -0.4 is 4.90 Å². The monoisotopic (exact) mass is 435 g/mol. The number of anilines is 1. The van der Waals surface area contributed by atoms with Crippen molar-refractivity contribution in [2.45, 2.75) is 44.9 Å². The fourth-order valence-electron chi connectivity index (χ4n) is 3.96. The van der Waals surface area contributed by atoms with Crippen molar-refractivity contribution in [2.75, 3.05) is 31.1 Å². The van der Waals surface area contributed by atoms with Gasteiger partial charge in [0.15, 0.2) is 0 Å². The maximum absolute atomic E-state index is 13.4. The predicted molar refractivity (Wildman–Crippen MR) is 115 cm³/mol. The normalized spacial score (nSPS) is 16.1. The smallest absolute Gasteiger partial charge is 0.358 e. The summed E-state index contributed by atoms with van der Waals surface area (Å²) in [5.74, 6) is 0.192. The maximum atomic E-state index is 13.4. The lowest BCUT2D eigenvalue weighted by Crippen LogP contribution is -2.49. The molecule has 0 N–H and O–H groups in total. The second-order valence-corrected chi connectivity index (χ2v) is 10.7. The first-order valence-corrected chi connectivity index (χ1v) is 11.3. The minimum absolute atomic E-state index is 0.0682. The molecule has 164 valence electrons. The van der Waals surface area contributed by atoms with Gasteiger partial charge in [0.05, 0.1) is 4.90 Å². The summed E-state index contributed by atoms with van der Waals surface area (Å²) < 4.78 is 29.9. The molecule has 0 amide bonds. The molecular formula is C20H29N5O4S. The van der Waals surface area contributed by atoms with Gasteiger partial charge in [-0.3, -0.25) is 4.57 Å². The standard InChI is InChI=1S/C20H29N5O4S/c1-14-11-16(20(3,4)5)12-15(2)17(14)30(28,29)24-9-7-23(8-10-24)19-18(25(26)27)21-13-22(19)6/h11-13H,7-10H2,1-6H3. The van der Waals surface area contributed by atoms with Crippen LogP contribution in [0.25, 0.3) is 0 Å². The first-order chi connectivity index (χ1) is 13.8. The van der Waals surface area contributed by atoms with E-state index in [4.69, 9.17) is 0 Å². The van der Waals surface area contributed by atoms with E-state index in [0.29, 0.717) is 23.8 Å². The zero-order chi connectivity index (χ0) is 22.4. The molecule has 2 heterocycles. The Morgan fingerprint density at radius 1 is 1.07 bits per heavy atom. The van der Waals surface area contributed by atoms with Crippen LogP contribution >= 0.6 is 0 Å². The molecule has 2 aromatic rings. The lowest BCUT2D eigenvalue weighted by atomic mass is 9.85. The summed E-state index contributed by atoms with van der Waals surface area (Å²) in [6.07, 6.45) is 1.40. The fourth-order valence-corrected chi connectivity index (χ4v) is 5.80. The maximum Gasteiger partial charge on any atom is 0.406 e. The molecule has 10 heteroatoms. The van der Waals surface area contributed by atoms with Crippen molar-refractivity contribution >= 4 is 21.7 Å². The molecule has 30 heavy (non-hydrogen) atoms. The van der Waals surface area contributed by atoms with Crippen LogP contribution in [-0.4, -0.2) is 53.4 Å². The Morgan fingerprint density at radius 2 is 1.60 bits per heavy atom. The van der Waals surface area contributed by atoms with E-state index in [9.17, 15) is 18.5 Å².